The van der Waals surface area contributed by atoms with Crippen LogP contribution in [0.1, 0.15) is 36.8 Å². The summed E-state index contributed by atoms with van der Waals surface area (Å²) in [5.41, 5.74) is 4.19. The lowest BCUT2D eigenvalue weighted by atomic mass is 10.1. The van der Waals surface area contributed by atoms with Gasteiger partial charge in [0.25, 0.3) is 0 Å². The number of thiazole rings is 1. The van der Waals surface area contributed by atoms with E-state index in [4.69, 9.17) is 9.72 Å². The lowest BCUT2D eigenvalue weighted by Crippen LogP contribution is -2.42. The fraction of sp³-hybridized carbons (Fsp3) is 0.333. The number of amides is 1. The van der Waals surface area contributed by atoms with Crippen LogP contribution in [0, 0.1) is 6.92 Å². The highest BCUT2D eigenvalue weighted by atomic mass is 32.1. The number of anilines is 2. The van der Waals surface area contributed by atoms with Crippen LogP contribution in [0.5, 0.6) is 0 Å². The first-order valence-corrected chi connectivity index (χ1v) is 11.1. The van der Waals surface area contributed by atoms with Gasteiger partial charge in [-0.1, -0.05) is 48.0 Å². The van der Waals surface area contributed by atoms with Gasteiger partial charge in [0.2, 0.25) is 5.91 Å². The third-order valence-corrected chi connectivity index (χ3v) is 6.11. The van der Waals surface area contributed by atoms with Gasteiger partial charge in [-0.05, 0) is 31.5 Å². The molecule has 6 heteroatoms. The Morgan fingerprint density at radius 2 is 1.90 bits per heavy atom. The van der Waals surface area contributed by atoms with Crippen molar-refractivity contribution in [2.24, 2.45) is 0 Å². The van der Waals surface area contributed by atoms with Crippen LogP contribution < -0.4 is 4.90 Å². The average molecular weight is 422 g/mol. The lowest BCUT2D eigenvalue weighted by Gasteiger charge is -2.36. The standard InChI is InChI=1S/C24H27N3O2S/c1-17-9-11-22(12-10-17)27(19(3)28)24-25-21(16-30-24)14-26-13-18(2)29-23(15-26)20-7-5-4-6-8-20/h4-12,16,18,23H,13-15H2,1-3H3/t18-,23-/m0/s1. The SMILES string of the molecule is CC(=O)N(c1ccc(C)cc1)c1nc(CN2C[C@@H](c3ccccc3)O[C@@H](C)C2)cs1. The van der Waals surface area contributed by atoms with E-state index in [2.05, 4.69) is 41.5 Å². The van der Waals surface area contributed by atoms with Gasteiger partial charge in [0.15, 0.2) is 5.13 Å². The fourth-order valence-corrected chi connectivity index (χ4v) is 4.72. The number of hydrogen-bond donors (Lipinski definition) is 0. The number of ether oxygens (including phenoxy) is 1. The number of benzene rings is 2. The molecule has 1 saturated heterocycles. The number of nitrogens with zero attached hydrogens (tertiary/aromatic N) is 3. The minimum absolute atomic E-state index is 0.0381. The van der Waals surface area contributed by atoms with Crippen LogP contribution >= 0.6 is 11.3 Å². The van der Waals surface area contributed by atoms with Gasteiger partial charge in [0, 0.05) is 31.9 Å². The maximum atomic E-state index is 12.3. The van der Waals surface area contributed by atoms with Gasteiger partial charge in [-0.3, -0.25) is 14.6 Å². The van der Waals surface area contributed by atoms with Gasteiger partial charge in [-0.15, -0.1) is 11.3 Å². The van der Waals surface area contributed by atoms with Crippen molar-refractivity contribution in [3.05, 3.63) is 76.8 Å². The number of morpholine rings is 1. The highest BCUT2D eigenvalue weighted by Gasteiger charge is 2.27. The highest BCUT2D eigenvalue weighted by molar-refractivity contribution is 7.14. The van der Waals surface area contributed by atoms with Gasteiger partial charge in [-0.25, -0.2) is 4.98 Å². The topological polar surface area (TPSA) is 45.7 Å². The summed E-state index contributed by atoms with van der Waals surface area (Å²) in [7, 11) is 0. The molecule has 4 rings (SSSR count). The van der Waals surface area contributed by atoms with E-state index in [1.807, 2.05) is 37.3 Å². The van der Waals surface area contributed by atoms with Crippen LogP contribution in [0.15, 0.2) is 60.0 Å². The maximum absolute atomic E-state index is 12.3. The Morgan fingerprint density at radius 1 is 1.17 bits per heavy atom. The van der Waals surface area contributed by atoms with E-state index in [0.29, 0.717) is 5.13 Å². The van der Waals surface area contributed by atoms with Crippen LogP contribution in [0.3, 0.4) is 0 Å². The van der Waals surface area contributed by atoms with Crippen molar-refractivity contribution in [3.63, 3.8) is 0 Å². The van der Waals surface area contributed by atoms with E-state index in [9.17, 15) is 4.79 Å². The summed E-state index contributed by atoms with van der Waals surface area (Å²) >= 11 is 1.51. The zero-order chi connectivity index (χ0) is 21.1. The highest BCUT2D eigenvalue weighted by Crippen LogP contribution is 2.31. The summed E-state index contributed by atoms with van der Waals surface area (Å²) in [6.45, 7) is 8.17. The Morgan fingerprint density at radius 3 is 2.60 bits per heavy atom. The molecule has 3 aromatic rings. The monoisotopic (exact) mass is 421 g/mol. The summed E-state index contributed by atoms with van der Waals surface area (Å²) in [6.07, 6.45) is 0.220. The van der Waals surface area contributed by atoms with E-state index in [0.717, 1.165) is 36.6 Å². The fourth-order valence-electron chi connectivity index (χ4n) is 3.84. The molecule has 0 bridgehead atoms. The largest absolute Gasteiger partial charge is 0.368 e. The first-order chi connectivity index (χ1) is 14.5. The average Bonchev–Trinajstić information content (AvgIpc) is 3.17. The van der Waals surface area contributed by atoms with E-state index in [-0.39, 0.29) is 18.1 Å². The van der Waals surface area contributed by atoms with Crippen molar-refractivity contribution < 1.29 is 9.53 Å². The Hall–Kier alpha value is -2.54. The van der Waals surface area contributed by atoms with Crippen molar-refractivity contribution in [2.45, 2.75) is 39.5 Å². The molecule has 1 aromatic heterocycles. The van der Waals surface area contributed by atoms with Gasteiger partial charge in [0.1, 0.15) is 0 Å². The van der Waals surface area contributed by atoms with Crippen molar-refractivity contribution in [1.82, 2.24) is 9.88 Å². The molecule has 0 unspecified atom stereocenters. The van der Waals surface area contributed by atoms with E-state index in [1.165, 1.54) is 16.9 Å². The minimum Gasteiger partial charge on any atom is -0.368 e. The molecule has 30 heavy (non-hydrogen) atoms. The van der Waals surface area contributed by atoms with E-state index < -0.39 is 0 Å². The van der Waals surface area contributed by atoms with Crippen LogP contribution in [0.25, 0.3) is 0 Å². The molecular weight excluding hydrogens is 394 g/mol. The molecule has 1 amide bonds. The number of rotatable bonds is 5. The van der Waals surface area contributed by atoms with Crippen LogP contribution in [0.2, 0.25) is 0 Å². The van der Waals surface area contributed by atoms with Crippen LogP contribution in [-0.4, -0.2) is 35.0 Å². The zero-order valence-corrected chi connectivity index (χ0v) is 18.4. The Balaban J connectivity index is 1.49. The molecule has 0 aliphatic carbocycles. The van der Waals surface area contributed by atoms with Crippen LogP contribution in [0.4, 0.5) is 10.8 Å². The molecule has 156 valence electrons. The molecule has 0 N–H and O–H groups in total. The second kappa shape index (κ2) is 9.08. The molecule has 2 aromatic carbocycles. The molecule has 1 aliphatic heterocycles. The first-order valence-electron chi connectivity index (χ1n) is 10.2. The number of hydrogen-bond acceptors (Lipinski definition) is 5. The second-order valence-corrected chi connectivity index (χ2v) is 8.69. The van der Waals surface area contributed by atoms with Crippen molar-refractivity contribution in [3.8, 4) is 0 Å². The molecule has 0 saturated carbocycles. The molecule has 0 spiro atoms. The number of aromatic nitrogens is 1. The molecule has 1 aliphatic rings. The number of carbonyl (C=O) groups excluding carboxylic acids is 1. The molecule has 0 radical (unpaired) electrons. The first kappa shape index (κ1) is 20.7. The molecule has 2 atom stereocenters. The normalized spacial score (nSPS) is 19.6. The van der Waals surface area contributed by atoms with Crippen molar-refractivity contribution in [2.75, 3.05) is 18.0 Å². The summed E-state index contributed by atoms with van der Waals surface area (Å²) in [5, 5.41) is 2.76. The zero-order valence-electron chi connectivity index (χ0n) is 17.6. The van der Waals surface area contributed by atoms with Gasteiger partial charge >= 0.3 is 0 Å². The minimum atomic E-state index is -0.0381. The van der Waals surface area contributed by atoms with E-state index >= 15 is 0 Å². The summed E-state index contributed by atoms with van der Waals surface area (Å²) in [6, 6.07) is 18.3. The molecule has 5 nitrogen and oxygen atoms in total. The van der Waals surface area contributed by atoms with E-state index in [1.54, 1.807) is 11.8 Å². The summed E-state index contributed by atoms with van der Waals surface area (Å²) in [4.78, 5) is 21.2. The Bertz CT molecular complexity index is 987. The Kier molecular flexibility index (Phi) is 6.27. The number of carbonyl (C=O) groups is 1. The van der Waals surface area contributed by atoms with Crippen molar-refractivity contribution >= 4 is 28.1 Å². The quantitative estimate of drug-likeness (QED) is 0.575. The van der Waals surface area contributed by atoms with Gasteiger partial charge in [0.05, 0.1) is 23.6 Å². The molecule has 2 heterocycles. The third-order valence-electron chi connectivity index (χ3n) is 5.23. The molecule has 1 fully saturated rings. The van der Waals surface area contributed by atoms with Crippen molar-refractivity contribution in [1.29, 1.82) is 0 Å². The smallest absolute Gasteiger partial charge is 0.230 e. The summed E-state index contributed by atoms with van der Waals surface area (Å²) in [5.74, 6) is -0.0381. The lowest BCUT2D eigenvalue weighted by molar-refractivity contribution is -0.115. The Labute approximate surface area is 181 Å². The van der Waals surface area contributed by atoms with Crippen LogP contribution in [-0.2, 0) is 16.1 Å². The second-order valence-electron chi connectivity index (χ2n) is 7.85. The predicted octanol–water partition coefficient (Wildman–Crippen LogP) is 5.10. The predicted molar refractivity (Wildman–Crippen MR) is 121 cm³/mol. The molecular formula is C24H27N3O2S. The third kappa shape index (κ3) is 4.78. The maximum Gasteiger partial charge on any atom is 0.230 e. The van der Waals surface area contributed by atoms with Gasteiger partial charge in [-0.2, -0.15) is 0 Å². The summed E-state index contributed by atoms with van der Waals surface area (Å²) < 4.78 is 6.17. The number of aryl methyl sites for hydroxylation is 1. The van der Waals surface area contributed by atoms with Gasteiger partial charge < -0.3 is 4.74 Å².